The molecule has 0 spiro atoms. The van der Waals surface area contributed by atoms with Crippen molar-refractivity contribution >= 4 is 17.5 Å². The standard InChI is InChI=1S/C23H29N3O4/c1-16-10-12-26(13-11-16)22(28)18-14-20(23(29)25(2)15-18)24-21(27)9-6-17-4-7-19(30-3)8-5-17/h4-5,7-8,14-16H,6,9-13H2,1-3H3,(H,24,27). The fourth-order valence-electron chi connectivity index (χ4n) is 3.58. The maximum atomic E-state index is 12.9. The number of carbonyl (C=O) groups is 2. The van der Waals surface area contributed by atoms with Gasteiger partial charge in [0.2, 0.25) is 5.91 Å². The van der Waals surface area contributed by atoms with Gasteiger partial charge in [-0.05, 0) is 48.9 Å². The first-order valence-electron chi connectivity index (χ1n) is 10.3. The monoisotopic (exact) mass is 411 g/mol. The highest BCUT2D eigenvalue weighted by Gasteiger charge is 2.23. The predicted molar refractivity (Wildman–Crippen MR) is 116 cm³/mol. The van der Waals surface area contributed by atoms with Crippen LogP contribution < -0.4 is 15.6 Å². The van der Waals surface area contributed by atoms with Crippen LogP contribution in [0.15, 0.2) is 41.3 Å². The number of hydrogen-bond acceptors (Lipinski definition) is 4. The molecule has 0 unspecified atom stereocenters. The number of nitrogens with zero attached hydrogens (tertiary/aromatic N) is 2. The molecule has 7 heteroatoms. The number of carbonyl (C=O) groups excluding carboxylic acids is 2. The van der Waals surface area contributed by atoms with Gasteiger partial charge in [0, 0.05) is 32.8 Å². The number of methoxy groups -OCH3 is 1. The smallest absolute Gasteiger partial charge is 0.274 e. The third kappa shape index (κ3) is 5.28. The second-order valence-electron chi connectivity index (χ2n) is 7.93. The van der Waals surface area contributed by atoms with Crippen LogP contribution in [0.1, 0.15) is 42.1 Å². The molecule has 1 N–H and O–H groups in total. The van der Waals surface area contributed by atoms with E-state index in [0.29, 0.717) is 31.0 Å². The van der Waals surface area contributed by atoms with Crippen molar-refractivity contribution in [3.63, 3.8) is 0 Å². The number of likely N-dealkylation sites (tertiary alicyclic amines) is 1. The lowest BCUT2D eigenvalue weighted by molar-refractivity contribution is -0.116. The normalized spacial score (nSPS) is 14.4. The third-order valence-electron chi connectivity index (χ3n) is 5.58. The summed E-state index contributed by atoms with van der Waals surface area (Å²) in [6, 6.07) is 9.00. The Labute approximate surface area is 176 Å². The Balaban J connectivity index is 1.66. The zero-order valence-electron chi connectivity index (χ0n) is 17.8. The first-order chi connectivity index (χ1) is 14.4. The van der Waals surface area contributed by atoms with Crippen LogP contribution in [-0.2, 0) is 18.3 Å². The molecule has 2 heterocycles. The van der Waals surface area contributed by atoms with Crippen LogP contribution in [-0.4, -0.2) is 41.5 Å². The molecule has 2 aromatic rings. The average Bonchev–Trinajstić information content (AvgIpc) is 2.75. The van der Waals surface area contributed by atoms with Gasteiger partial charge in [0.05, 0.1) is 12.7 Å². The Bertz CT molecular complexity index is 957. The predicted octanol–water partition coefficient (Wildman–Crippen LogP) is 2.84. The van der Waals surface area contributed by atoms with Crippen molar-refractivity contribution in [3.8, 4) is 5.75 Å². The van der Waals surface area contributed by atoms with E-state index in [2.05, 4.69) is 12.2 Å². The molecular formula is C23H29N3O4. The van der Waals surface area contributed by atoms with Gasteiger partial charge in [-0.25, -0.2) is 0 Å². The van der Waals surface area contributed by atoms with E-state index in [0.717, 1.165) is 24.2 Å². The van der Waals surface area contributed by atoms with Crippen molar-refractivity contribution in [1.29, 1.82) is 0 Å². The van der Waals surface area contributed by atoms with Crippen LogP contribution in [0.3, 0.4) is 0 Å². The van der Waals surface area contributed by atoms with Gasteiger partial charge >= 0.3 is 0 Å². The summed E-state index contributed by atoms with van der Waals surface area (Å²) in [7, 11) is 3.19. The lowest BCUT2D eigenvalue weighted by Crippen LogP contribution is -2.38. The van der Waals surface area contributed by atoms with Gasteiger partial charge in [-0.3, -0.25) is 14.4 Å². The Kier molecular flexibility index (Phi) is 6.92. The average molecular weight is 412 g/mol. The topological polar surface area (TPSA) is 80.6 Å². The second-order valence-corrected chi connectivity index (χ2v) is 7.93. The highest BCUT2D eigenvalue weighted by molar-refractivity contribution is 5.96. The number of benzene rings is 1. The van der Waals surface area contributed by atoms with E-state index >= 15 is 0 Å². The van der Waals surface area contributed by atoms with Gasteiger partial charge in [0.25, 0.3) is 11.5 Å². The van der Waals surface area contributed by atoms with Gasteiger partial charge < -0.3 is 19.5 Å². The Morgan fingerprint density at radius 2 is 1.83 bits per heavy atom. The maximum absolute atomic E-state index is 12.9. The van der Waals surface area contributed by atoms with Gasteiger partial charge in [-0.15, -0.1) is 0 Å². The number of pyridine rings is 1. The minimum Gasteiger partial charge on any atom is -0.497 e. The quantitative estimate of drug-likeness (QED) is 0.793. The fraction of sp³-hybridized carbons (Fsp3) is 0.435. The van der Waals surface area contributed by atoms with E-state index in [4.69, 9.17) is 4.74 Å². The highest BCUT2D eigenvalue weighted by atomic mass is 16.5. The summed E-state index contributed by atoms with van der Waals surface area (Å²) in [5.74, 6) is 1.01. The summed E-state index contributed by atoms with van der Waals surface area (Å²) in [6.07, 6.45) is 4.27. The summed E-state index contributed by atoms with van der Waals surface area (Å²) in [5.41, 5.74) is 1.21. The lowest BCUT2D eigenvalue weighted by Gasteiger charge is -2.30. The molecule has 1 saturated heterocycles. The summed E-state index contributed by atoms with van der Waals surface area (Å²) in [5, 5.41) is 2.68. The molecule has 2 amide bonds. The number of aryl methyl sites for hydroxylation is 2. The summed E-state index contributed by atoms with van der Waals surface area (Å²) < 4.78 is 6.48. The minimum absolute atomic E-state index is 0.105. The van der Waals surface area contributed by atoms with Crippen LogP contribution in [0.5, 0.6) is 5.75 Å². The number of anilines is 1. The maximum Gasteiger partial charge on any atom is 0.274 e. The summed E-state index contributed by atoms with van der Waals surface area (Å²) in [4.78, 5) is 39.5. The molecule has 30 heavy (non-hydrogen) atoms. The Morgan fingerprint density at radius 1 is 1.17 bits per heavy atom. The van der Waals surface area contributed by atoms with Crippen LogP contribution in [0, 0.1) is 5.92 Å². The highest BCUT2D eigenvalue weighted by Crippen LogP contribution is 2.19. The van der Waals surface area contributed by atoms with Crippen LogP contribution >= 0.6 is 0 Å². The van der Waals surface area contributed by atoms with Crippen molar-refractivity contribution in [2.75, 3.05) is 25.5 Å². The van der Waals surface area contributed by atoms with Crippen molar-refractivity contribution in [1.82, 2.24) is 9.47 Å². The fourth-order valence-corrected chi connectivity index (χ4v) is 3.58. The Hall–Kier alpha value is -3.09. The van der Waals surface area contributed by atoms with Gasteiger partial charge in [0.15, 0.2) is 0 Å². The molecule has 0 bridgehead atoms. The number of amides is 2. The van der Waals surface area contributed by atoms with E-state index in [1.807, 2.05) is 29.2 Å². The number of nitrogens with one attached hydrogen (secondary N) is 1. The summed E-state index contributed by atoms with van der Waals surface area (Å²) >= 11 is 0. The molecule has 1 aromatic carbocycles. The molecule has 3 rings (SSSR count). The zero-order valence-corrected chi connectivity index (χ0v) is 17.8. The molecule has 160 valence electrons. The van der Waals surface area contributed by atoms with Gasteiger partial charge in [0.1, 0.15) is 11.4 Å². The molecule has 1 fully saturated rings. The number of piperidine rings is 1. The lowest BCUT2D eigenvalue weighted by atomic mass is 9.99. The first kappa shape index (κ1) is 21.6. The zero-order chi connectivity index (χ0) is 21.7. The van der Waals surface area contributed by atoms with Crippen LogP contribution in [0.2, 0.25) is 0 Å². The molecule has 0 radical (unpaired) electrons. The molecule has 7 nitrogen and oxygen atoms in total. The molecular weight excluding hydrogens is 382 g/mol. The van der Waals surface area contributed by atoms with Crippen LogP contribution in [0.25, 0.3) is 0 Å². The number of hydrogen-bond donors (Lipinski definition) is 1. The van der Waals surface area contributed by atoms with E-state index < -0.39 is 0 Å². The molecule has 1 aliphatic rings. The van der Waals surface area contributed by atoms with E-state index in [1.165, 1.54) is 16.8 Å². The molecule has 0 saturated carbocycles. The first-order valence-corrected chi connectivity index (χ1v) is 10.3. The third-order valence-corrected chi connectivity index (χ3v) is 5.58. The van der Waals surface area contributed by atoms with Crippen molar-refractivity contribution in [2.45, 2.75) is 32.6 Å². The molecule has 0 atom stereocenters. The molecule has 1 aromatic heterocycles. The van der Waals surface area contributed by atoms with Gasteiger partial charge in [-0.1, -0.05) is 19.1 Å². The van der Waals surface area contributed by atoms with E-state index in [9.17, 15) is 14.4 Å². The number of aromatic nitrogens is 1. The van der Waals surface area contributed by atoms with Crippen molar-refractivity contribution in [3.05, 3.63) is 58.0 Å². The number of ether oxygens (including phenoxy) is 1. The van der Waals surface area contributed by atoms with Crippen LogP contribution in [0.4, 0.5) is 5.69 Å². The molecule has 0 aliphatic carbocycles. The SMILES string of the molecule is COc1ccc(CCC(=O)Nc2cc(C(=O)N3CCC(C)CC3)cn(C)c2=O)cc1. The van der Waals surface area contributed by atoms with E-state index in [1.54, 1.807) is 14.2 Å². The Morgan fingerprint density at radius 3 is 2.47 bits per heavy atom. The summed E-state index contributed by atoms with van der Waals surface area (Å²) in [6.45, 7) is 3.62. The minimum atomic E-state index is -0.336. The van der Waals surface area contributed by atoms with Gasteiger partial charge in [-0.2, -0.15) is 0 Å². The van der Waals surface area contributed by atoms with Crippen molar-refractivity contribution < 1.29 is 14.3 Å². The largest absolute Gasteiger partial charge is 0.497 e. The number of rotatable bonds is 6. The molecule has 1 aliphatic heterocycles. The van der Waals surface area contributed by atoms with Crippen molar-refractivity contribution in [2.24, 2.45) is 13.0 Å². The second kappa shape index (κ2) is 9.61. The van der Waals surface area contributed by atoms with E-state index in [-0.39, 0.29) is 29.5 Å².